The summed E-state index contributed by atoms with van der Waals surface area (Å²) < 4.78 is 1.20. The number of carbonyl (C=O) groups is 1. The third-order valence-electron chi connectivity index (χ3n) is 4.21. The molecule has 1 aromatic heterocycles. The first kappa shape index (κ1) is 17.8. The summed E-state index contributed by atoms with van der Waals surface area (Å²) in [6.07, 6.45) is 0. The van der Waals surface area contributed by atoms with Gasteiger partial charge in [-0.1, -0.05) is 42.5 Å². The second-order valence-corrected chi connectivity index (χ2v) is 6.71. The zero-order chi connectivity index (χ0) is 18.7. The van der Waals surface area contributed by atoms with Crippen LogP contribution in [0, 0.1) is 0 Å². The topological polar surface area (TPSA) is 68.4 Å². The predicted octanol–water partition coefficient (Wildman–Crippen LogP) is 0.508. The largest absolute Gasteiger partial charge is 0.347 e. The molecule has 6 heteroatoms. The number of quaternary nitrogens is 1. The molecule has 3 aromatic rings. The van der Waals surface area contributed by atoms with Gasteiger partial charge in [-0.15, -0.1) is 0 Å². The summed E-state index contributed by atoms with van der Waals surface area (Å²) in [5.41, 5.74) is 2.32. The Morgan fingerprint density at radius 3 is 2.31 bits per heavy atom. The van der Waals surface area contributed by atoms with Gasteiger partial charge in [-0.25, -0.2) is 4.68 Å². The number of carbonyl (C=O) groups excluding carboxylic acids is 1. The Balaban J connectivity index is 1.78. The quantitative estimate of drug-likeness (QED) is 0.704. The first-order valence-corrected chi connectivity index (χ1v) is 8.57. The van der Waals surface area contributed by atoms with Crippen LogP contribution < -0.4 is 15.8 Å². The van der Waals surface area contributed by atoms with Gasteiger partial charge in [0, 0.05) is 24.5 Å². The van der Waals surface area contributed by atoms with Crippen LogP contribution in [-0.4, -0.2) is 29.8 Å². The highest BCUT2D eigenvalue weighted by Crippen LogP contribution is 2.13. The first-order chi connectivity index (χ1) is 12.5. The zero-order valence-corrected chi connectivity index (χ0v) is 15.2. The third-order valence-corrected chi connectivity index (χ3v) is 4.21. The summed E-state index contributed by atoms with van der Waals surface area (Å²) in [7, 11) is 5.77. The highest BCUT2D eigenvalue weighted by Gasteiger charge is 2.15. The summed E-state index contributed by atoms with van der Waals surface area (Å²) in [6.45, 7) is 1.37. The molecule has 0 atom stereocenters. The molecule has 0 spiro atoms. The minimum Gasteiger partial charge on any atom is -0.347 e. The van der Waals surface area contributed by atoms with Crippen molar-refractivity contribution in [3.8, 4) is 0 Å². The lowest BCUT2D eigenvalue weighted by atomic mass is 10.1. The summed E-state index contributed by atoms with van der Waals surface area (Å²) in [4.78, 5) is 26.1. The molecule has 0 unspecified atom stereocenters. The molecule has 0 radical (unpaired) electrons. The molecule has 2 aromatic carbocycles. The maximum atomic E-state index is 12.6. The van der Waals surface area contributed by atoms with Crippen molar-refractivity contribution in [2.24, 2.45) is 7.05 Å². The lowest BCUT2D eigenvalue weighted by molar-refractivity contribution is -0.872. The number of hydrogen-bond acceptors (Lipinski definition) is 3. The highest BCUT2D eigenvalue weighted by molar-refractivity contribution is 6.04. The molecule has 0 aliphatic heterocycles. The van der Waals surface area contributed by atoms with Crippen LogP contribution in [0.25, 0.3) is 10.8 Å². The van der Waals surface area contributed by atoms with Gasteiger partial charge in [-0.3, -0.25) is 9.59 Å². The fourth-order valence-electron chi connectivity index (χ4n) is 2.92. The molecule has 134 valence electrons. The van der Waals surface area contributed by atoms with Crippen molar-refractivity contribution < 1.29 is 9.69 Å². The van der Waals surface area contributed by atoms with E-state index >= 15 is 0 Å². The van der Waals surface area contributed by atoms with Gasteiger partial charge in [-0.2, -0.15) is 5.10 Å². The monoisotopic (exact) mass is 351 g/mol. The van der Waals surface area contributed by atoms with Crippen LogP contribution in [0.4, 0.5) is 0 Å². The van der Waals surface area contributed by atoms with Crippen molar-refractivity contribution in [3.63, 3.8) is 0 Å². The Labute approximate surface area is 152 Å². The van der Waals surface area contributed by atoms with Crippen molar-refractivity contribution in [1.29, 1.82) is 0 Å². The van der Waals surface area contributed by atoms with Crippen LogP contribution in [-0.2, 0) is 20.1 Å². The van der Waals surface area contributed by atoms with Gasteiger partial charge < -0.3 is 10.2 Å². The number of benzene rings is 2. The maximum Gasteiger partial charge on any atom is 0.274 e. The Kier molecular flexibility index (Phi) is 5.14. The Morgan fingerprint density at radius 1 is 1.04 bits per heavy atom. The van der Waals surface area contributed by atoms with E-state index in [0.717, 1.165) is 12.1 Å². The van der Waals surface area contributed by atoms with Gasteiger partial charge in [0.2, 0.25) is 0 Å². The molecule has 0 bridgehead atoms. The van der Waals surface area contributed by atoms with E-state index in [-0.39, 0.29) is 17.2 Å². The van der Waals surface area contributed by atoms with Gasteiger partial charge in [-0.05, 0) is 11.6 Å². The molecule has 0 aliphatic carbocycles. The number of nitrogens with zero attached hydrogens (tertiary/aromatic N) is 2. The van der Waals surface area contributed by atoms with Crippen LogP contribution in [0.5, 0.6) is 0 Å². The molecular weight excluding hydrogens is 328 g/mol. The van der Waals surface area contributed by atoms with Crippen LogP contribution in [0.2, 0.25) is 0 Å². The second kappa shape index (κ2) is 7.49. The van der Waals surface area contributed by atoms with E-state index in [1.54, 1.807) is 31.3 Å². The molecule has 1 amide bonds. The fraction of sp³-hybridized carbons (Fsp3) is 0.250. The van der Waals surface area contributed by atoms with E-state index in [2.05, 4.69) is 36.6 Å². The van der Waals surface area contributed by atoms with E-state index in [1.807, 2.05) is 12.1 Å². The number of aryl methyl sites for hydroxylation is 1. The fourth-order valence-corrected chi connectivity index (χ4v) is 2.92. The minimum absolute atomic E-state index is 0.212. The van der Waals surface area contributed by atoms with E-state index in [4.69, 9.17) is 0 Å². The molecule has 3 rings (SSSR count). The van der Waals surface area contributed by atoms with Gasteiger partial charge in [0.1, 0.15) is 6.54 Å². The number of hydrogen-bond donors (Lipinski definition) is 2. The van der Waals surface area contributed by atoms with E-state index in [9.17, 15) is 9.59 Å². The number of fused-ring (bicyclic) bond motifs is 1. The summed E-state index contributed by atoms with van der Waals surface area (Å²) in [6, 6.07) is 15.2. The van der Waals surface area contributed by atoms with Crippen molar-refractivity contribution >= 4 is 16.7 Å². The van der Waals surface area contributed by atoms with Crippen molar-refractivity contribution in [2.45, 2.75) is 13.1 Å². The highest BCUT2D eigenvalue weighted by atomic mass is 16.2. The van der Waals surface area contributed by atoms with E-state index in [0.29, 0.717) is 17.3 Å². The number of aromatic nitrogens is 2. The predicted molar refractivity (Wildman–Crippen MR) is 101 cm³/mol. The van der Waals surface area contributed by atoms with E-state index in [1.165, 1.54) is 15.1 Å². The lowest BCUT2D eigenvalue weighted by Gasteiger charge is -2.10. The van der Waals surface area contributed by atoms with Gasteiger partial charge in [0.15, 0.2) is 5.69 Å². The molecule has 26 heavy (non-hydrogen) atoms. The molecule has 0 aliphatic rings. The molecule has 2 N–H and O–H groups in total. The molecule has 1 heterocycles. The summed E-state index contributed by atoms with van der Waals surface area (Å²) in [5.74, 6) is -0.293. The Bertz CT molecular complexity index is 991. The standard InChI is InChI=1S/C20H22N4O2/c1-23(2)13-15-10-8-14(9-11-15)12-21-19(25)18-16-6-4-5-7-17(16)20(26)24(3)22-18/h4-11H,12-13H2,1-3H3,(H,21,25)/p+1. The van der Waals surface area contributed by atoms with Crippen molar-refractivity contribution in [2.75, 3.05) is 14.1 Å². The number of rotatable bonds is 5. The van der Waals surface area contributed by atoms with Crippen LogP contribution in [0.3, 0.4) is 0 Å². The Hall–Kier alpha value is -2.99. The second-order valence-electron chi connectivity index (χ2n) is 6.71. The Morgan fingerprint density at radius 2 is 1.65 bits per heavy atom. The van der Waals surface area contributed by atoms with Gasteiger partial charge in [0.05, 0.1) is 19.5 Å². The van der Waals surface area contributed by atoms with Gasteiger partial charge in [0.25, 0.3) is 11.5 Å². The van der Waals surface area contributed by atoms with E-state index < -0.39 is 0 Å². The number of amides is 1. The van der Waals surface area contributed by atoms with Crippen molar-refractivity contribution in [3.05, 3.63) is 75.7 Å². The smallest absolute Gasteiger partial charge is 0.274 e. The zero-order valence-electron chi connectivity index (χ0n) is 15.2. The normalized spacial score (nSPS) is 11.1. The third kappa shape index (κ3) is 3.81. The van der Waals surface area contributed by atoms with Crippen LogP contribution in [0.15, 0.2) is 53.3 Å². The summed E-state index contributed by atoms with van der Waals surface area (Å²) in [5, 5.41) is 8.10. The number of nitrogens with one attached hydrogen (secondary N) is 2. The molecule has 0 saturated carbocycles. The SMILES string of the molecule is Cn1nc(C(=O)NCc2ccc(C[NH+](C)C)cc2)c2ccccc2c1=O. The minimum atomic E-state index is -0.293. The van der Waals surface area contributed by atoms with Crippen LogP contribution in [0.1, 0.15) is 21.6 Å². The molecule has 6 nitrogen and oxygen atoms in total. The maximum absolute atomic E-state index is 12.6. The van der Waals surface area contributed by atoms with Gasteiger partial charge >= 0.3 is 0 Å². The first-order valence-electron chi connectivity index (χ1n) is 8.57. The van der Waals surface area contributed by atoms with Crippen molar-refractivity contribution in [1.82, 2.24) is 15.1 Å². The molecule has 0 saturated heterocycles. The molecular formula is C20H23N4O2+. The lowest BCUT2D eigenvalue weighted by Crippen LogP contribution is -3.04. The summed E-state index contributed by atoms with van der Waals surface area (Å²) >= 11 is 0. The molecule has 0 fully saturated rings. The average Bonchev–Trinajstić information content (AvgIpc) is 2.63. The van der Waals surface area contributed by atoms with Crippen LogP contribution >= 0.6 is 0 Å². The average molecular weight is 351 g/mol.